The van der Waals surface area contributed by atoms with Crippen molar-refractivity contribution >= 4 is 29.0 Å². The highest BCUT2D eigenvalue weighted by Crippen LogP contribution is 2.29. The summed E-state index contributed by atoms with van der Waals surface area (Å²) < 4.78 is 5.70. The maximum atomic E-state index is 12.3. The molecule has 0 radical (unpaired) electrons. The lowest BCUT2D eigenvalue weighted by Crippen LogP contribution is -2.31. The molecule has 3 nitrogen and oxygen atoms in total. The standard InChI is InChI=1S/C18H19Cl2NO2/c19-14-5-4-13(12-15(14)20)17-6-7-18(23-17)16(22)8-11-21-9-2-1-3-10-21/h4-7,12H,1-3,8-11H2. The van der Waals surface area contributed by atoms with Crippen molar-refractivity contribution < 1.29 is 9.21 Å². The van der Waals surface area contributed by atoms with Crippen LogP contribution < -0.4 is 0 Å². The molecule has 0 spiro atoms. The Morgan fingerprint density at radius 1 is 1.04 bits per heavy atom. The van der Waals surface area contributed by atoms with Gasteiger partial charge in [0, 0.05) is 18.5 Å². The van der Waals surface area contributed by atoms with Crippen molar-refractivity contribution in [1.29, 1.82) is 0 Å². The summed E-state index contributed by atoms with van der Waals surface area (Å²) in [6.45, 7) is 3.00. The van der Waals surface area contributed by atoms with Gasteiger partial charge in [-0.2, -0.15) is 0 Å². The lowest BCUT2D eigenvalue weighted by molar-refractivity contribution is 0.0932. The van der Waals surface area contributed by atoms with Gasteiger partial charge in [0.05, 0.1) is 10.0 Å². The number of rotatable bonds is 5. The number of carbonyl (C=O) groups excluding carboxylic acids is 1. The second-order valence-electron chi connectivity index (χ2n) is 5.87. The van der Waals surface area contributed by atoms with Gasteiger partial charge in [0.1, 0.15) is 5.76 Å². The molecule has 122 valence electrons. The quantitative estimate of drug-likeness (QED) is 0.684. The molecule has 0 unspecified atom stereocenters. The maximum Gasteiger partial charge on any atom is 0.199 e. The first kappa shape index (κ1) is 16.6. The molecule has 0 saturated carbocycles. The van der Waals surface area contributed by atoms with E-state index >= 15 is 0 Å². The first-order valence-electron chi connectivity index (χ1n) is 7.94. The molecule has 1 aromatic carbocycles. The van der Waals surface area contributed by atoms with Crippen LogP contribution in [0.4, 0.5) is 0 Å². The van der Waals surface area contributed by atoms with Crippen molar-refractivity contribution in [1.82, 2.24) is 4.90 Å². The molecule has 1 aromatic heterocycles. The highest BCUT2D eigenvalue weighted by atomic mass is 35.5. The molecule has 0 N–H and O–H groups in total. The van der Waals surface area contributed by atoms with Crippen LogP contribution in [0.1, 0.15) is 36.2 Å². The molecular weight excluding hydrogens is 333 g/mol. The maximum absolute atomic E-state index is 12.3. The van der Waals surface area contributed by atoms with Gasteiger partial charge in [0.2, 0.25) is 0 Å². The predicted molar refractivity (Wildman–Crippen MR) is 93.4 cm³/mol. The van der Waals surface area contributed by atoms with Crippen LogP contribution in [0.5, 0.6) is 0 Å². The minimum Gasteiger partial charge on any atom is -0.453 e. The second kappa shape index (κ2) is 7.52. The summed E-state index contributed by atoms with van der Waals surface area (Å²) in [5.41, 5.74) is 0.814. The molecular formula is C18H19Cl2NO2. The fourth-order valence-corrected chi connectivity index (χ4v) is 3.16. The third kappa shape index (κ3) is 4.17. The topological polar surface area (TPSA) is 33.5 Å². The molecule has 1 aliphatic rings. The van der Waals surface area contributed by atoms with E-state index in [-0.39, 0.29) is 5.78 Å². The number of likely N-dealkylation sites (tertiary alicyclic amines) is 1. The van der Waals surface area contributed by atoms with E-state index in [1.165, 1.54) is 19.3 Å². The molecule has 2 aromatic rings. The van der Waals surface area contributed by atoms with Crippen molar-refractivity contribution in [3.63, 3.8) is 0 Å². The molecule has 0 bridgehead atoms. The lowest BCUT2D eigenvalue weighted by atomic mass is 10.1. The molecule has 5 heteroatoms. The van der Waals surface area contributed by atoms with Crippen LogP contribution in [0.3, 0.4) is 0 Å². The van der Waals surface area contributed by atoms with E-state index in [0.29, 0.717) is 28.0 Å². The number of nitrogens with zero attached hydrogens (tertiary/aromatic N) is 1. The second-order valence-corrected chi connectivity index (χ2v) is 6.68. The van der Waals surface area contributed by atoms with Crippen LogP contribution >= 0.6 is 23.2 Å². The number of furan rings is 1. The number of halogens is 2. The van der Waals surface area contributed by atoms with Gasteiger partial charge in [0.25, 0.3) is 0 Å². The number of carbonyl (C=O) groups is 1. The van der Waals surface area contributed by atoms with Crippen LogP contribution in [0.2, 0.25) is 10.0 Å². The first-order chi connectivity index (χ1) is 11.1. The van der Waals surface area contributed by atoms with Gasteiger partial charge >= 0.3 is 0 Å². The summed E-state index contributed by atoms with van der Waals surface area (Å²) in [5.74, 6) is 1.08. The smallest absolute Gasteiger partial charge is 0.199 e. The number of benzene rings is 1. The van der Waals surface area contributed by atoms with Gasteiger partial charge in [0.15, 0.2) is 11.5 Å². The lowest BCUT2D eigenvalue weighted by Gasteiger charge is -2.25. The highest BCUT2D eigenvalue weighted by Gasteiger charge is 2.16. The zero-order chi connectivity index (χ0) is 16.2. The Hall–Kier alpha value is -1.29. The molecule has 1 aliphatic heterocycles. The Morgan fingerprint density at radius 3 is 2.57 bits per heavy atom. The number of piperidine rings is 1. The van der Waals surface area contributed by atoms with E-state index in [4.69, 9.17) is 27.6 Å². The molecule has 2 heterocycles. The van der Waals surface area contributed by atoms with Gasteiger partial charge in [-0.1, -0.05) is 29.6 Å². The van der Waals surface area contributed by atoms with Crippen molar-refractivity contribution in [3.05, 3.63) is 46.1 Å². The minimum atomic E-state index is 0.0434. The van der Waals surface area contributed by atoms with Gasteiger partial charge in [-0.15, -0.1) is 0 Å². The summed E-state index contributed by atoms with van der Waals surface area (Å²) >= 11 is 11.9. The summed E-state index contributed by atoms with van der Waals surface area (Å²) in [4.78, 5) is 14.6. The Labute approximate surface area is 146 Å². The zero-order valence-corrected chi connectivity index (χ0v) is 14.4. The van der Waals surface area contributed by atoms with Gasteiger partial charge in [-0.25, -0.2) is 0 Å². The fraction of sp³-hybridized carbons (Fsp3) is 0.389. The van der Waals surface area contributed by atoms with Gasteiger partial charge in [-0.3, -0.25) is 4.79 Å². The van der Waals surface area contributed by atoms with Crippen molar-refractivity contribution in [2.45, 2.75) is 25.7 Å². The highest BCUT2D eigenvalue weighted by molar-refractivity contribution is 6.42. The van der Waals surface area contributed by atoms with Crippen LogP contribution in [-0.4, -0.2) is 30.3 Å². The van der Waals surface area contributed by atoms with E-state index in [1.807, 2.05) is 6.07 Å². The summed E-state index contributed by atoms with van der Waals surface area (Å²) in [6, 6.07) is 8.82. The van der Waals surface area contributed by atoms with Crippen molar-refractivity contribution in [2.24, 2.45) is 0 Å². The monoisotopic (exact) mass is 351 g/mol. The molecule has 3 rings (SSSR count). The third-order valence-corrected chi connectivity index (χ3v) is 4.93. The number of hydrogen-bond acceptors (Lipinski definition) is 3. The summed E-state index contributed by atoms with van der Waals surface area (Å²) in [5, 5.41) is 0.971. The molecule has 1 fully saturated rings. The Kier molecular flexibility index (Phi) is 5.42. The van der Waals surface area contributed by atoms with Crippen LogP contribution in [0, 0.1) is 0 Å². The SMILES string of the molecule is O=C(CCN1CCCCC1)c1ccc(-c2ccc(Cl)c(Cl)c2)o1. The Bertz CT molecular complexity index is 690. The fourth-order valence-electron chi connectivity index (χ4n) is 2.86. The van der Waals surface area contributed by atoms with Crippen LogP contribution in [0.25, 0.3) is 11.3 Å². The minimum absolute atomic E-state index is 0.0434. The molecule has 23 heavy (non-hydrogen) atoms. The van der Waals surface area contributed by atoms with Gasteiger partial charge < -0.3 is 9.32 Å². The summed E-state index contributed by atoms with van der Waals surface area (Å²) in [6.07, 6.45) is 4.26. The number of ketones is 1. The van der Waals surface area contributed by atoms with Crippen molar-refractivity contribution in [3.8, 4) is 11.3 Å². The summed E-state index contributed by atoms with van der Waals surface area (Å²) in [7, 11) is 0. The van der Waals surface area contributed by atoms with Crippen LogP contribution in [0.15, 0.2) is 34.7 Å². The first-order valence-corrected chi connectivity index (χ1v) is 8.70. The normalized spacial score (nSPS) is 15.7. The third-order valence-electron chi connectivity index (χ3n) is 4.19. The average Bonchev–Trinajstić information content (AvgIpc) is 3.06. The molecule has 1 saturated heterocycles. The molecule has 0 amide bonds. The van der Waals surface area contributed by atoms with E-state index < -0.39 is 0 Å². The van der Waals surface area contributed by atoms with E-state index in [0.717, 1.165) is 25.2 Å². The predicted octanol–water partition coefficient (Wildman–Crippen LogP) is 5.31. The van der Waals surface area contributed by atoms with E-state index in [9.17, 15) is 4.79 Å². The Balaban J connectivity index is 1.63. The van der Waals surface area contributed by atoms with Crippen molar-refractivity contribution in [2.75, 3.05) is 19.6 Å². The molecule has 0 aliphatic carbocycles. The zero-order valence-electron chi connectivity index (χ0n) is 12.9. The van der Waals surface area contributed by atoms with Gasteiger partial charge in [-0.05, 0) is 56.3 Å². The van der Waals surface area contributed by atoms with E-state index in [2.05, 4.69) is 4.90 Å². The largest absolute Gasteiger partial charge is 0.453 e. The van der Waals surface area contributed by atoms with E-state index in [1.54, 1.807) is 24.3 Å². The molecule has 0 atom stereocenters. The van der Waals surface area contributed by atoms with Crippen LogP contribution in [-0.2, 0) is 0 Å². The number of hydrogen-bond donors (Lipinski definition) is 0. The number of Topliss-reactive ketones (excluding diaryl/α,β-unsaturated/α-hetero) is 1. The Morgan fingerprint density at radius 2 is 1.83 bits per heavy atom. The average molecular weight is 352 g/mol.